The Morgan fingerprint density at radius 2 is 1.57 bits per heavy atom. The molecule has 1 aliphatic rings. The normalized spacial score (nSPS) is 16.0. The predicted molar refractivity (Wildman–Crippen MR) is 28.1 cm³/mol. The van der Waals surface area contributed by atoms with E-state index in [2.05, 4.69) is 0 Å². The van der Waals surface area contributed by atoms with Gasteiger partial charge in [-0.15, -0.1) is 0 Å². The molecule has 0 fully saturated rings. The van der Waals surface area contributed by atoms with Gasteiger partial charge in [-0.05, 0) is 0 Å². The monoisotopic (exact) mass is 107 g/mol. The summed E-state index contributed by atoms with van der Waals surface area (Å²) in [4.78, 5) is 0. The molecule has 3 heteroatoms. The lowest BCUT2D eigenvalue weighted by Gasteiger charge is -2.04. The molecule has 0 spiro atoms. The van der Waals surface area contributed by atoms with Crippen LogP contribution in [0.3, 0.4) is 0 Å². The van der Waals surface area contributed by atoms with Crippen LogP contribution in [-0.4, -0.2) is 13.2 Å². The summed E-state index contributed by atoms with van der Waals surface area (Å²) in [6.45, 7) is 1.38. The second-order valence-corrected chi connectivity index (χ2v) is 1.01. The molecule has 0 aromatic heterocycles. The van der Waals surface area contributed by atoms with Gasteiger partial charge in [0.15, 0.2) is 0 Å². The van der Waals surface area contributed by atoms with Crippen molar-refractivity contribution in [2.45, 2.75) is 0 Å². The van der Waals surface area contributed by atoms with Gasteiger partial charge in [-0.2, -0.15) is 0 Å². The average Bonchev–Trinajstić information content (AvgIpc) is 1.72. The minimum atomic E-state index is 0. The Kier molecular flexibility index (Phi) is 3.14. The summed E-state index contributed by atoms with van der Waals surface area (Å²) < 4.78 is 9.53. The fourth-order valence-corrected chi connectivity index (χ4v) is 0.311. The van der Waals surface area contributed by atoms with E-state index in [1.54, 1.807) is 12.5 Å². The maximum absolute atomic E-state index is 4.76. The summed E-state index contributed by atoms with van der Waals surface area (Å²) in [6, 6.07) is 0. The third-order valence-corrected chi connectivity index (χ3v) is 0.567. The van der Waals surface area contributed by atoms with Crippen molar-refractivity contribution in [2.24, 2.45) is 0 Å². The van der Waals surface area contributed by atoms with Crippen LogP contribution in [0.15, 0.2) is 12.5 Å². The van der Waals surface area contributed by atoms with Crippen LogP contribution in [0.1, 0.15) is 2.85 Å². The van der Waals surface area contributed by atoms with Gasteiger partial charge < -0.3 is 14.9 Å². The fourth-order valence-electron chi connectivity index (χ4n) is 0.311. The van der Waals surface area contributed by atoms with Gasteiger partial charge in [-0.3, -0.25) is 0 Å². The van der Waals surface area contributed by atoms with E-state index >= 15 is 0 Å². The molecule has 0 bridgehead atoms. The minimum Gasteiger partial charge on any atom is -0.494 e. The average molecular weight is 107 g/mol. The predicted octanol–water partition coefficient (Wildman–Crippen LogP) is -0.192. The van der Waals surface area contributed by atoms with Crippen LogP contribution in [0.4, 0.5) is 0 Å². The van der Waals surface area contributed by atoms with Gasteiger partial charge >= 0.3 is 2.85 Å². The molecule has 1 rings (SSSR count). The van der Waals surface area contributed by atoms with Gasteiger partial charge in [0.2, 0.25) is 0 Å². The molecule has 0 radical (unpaired) electrons. The molecule has 0 saturated heterocycles. The molecule has 0 aliphatic carbocycles. The third kappa shape index (κ3) is 2.05. The number of rotatable bonds is 0. The van der Waals surface area contributed by atoms with Crippen LogP contribution in [-0.2, 0) is 14.9 Å². The largest absolute Gasteiger partial charge is 1.00 e. The van der Waals surface area contributed by atoms with Gasteiger partial charge in [0.25, 0.3) is 0 Å². The first-order valence-corrected chi connectivity index (χ1v) is 1.88. The molecule has 0 aromatic carbocycles. The molecular formula is C4H11O3+3. The number of hydrogen-bond acceptors (Lipinski definition) is 2. The highest BCUT2D eigenvalue weighted by Crippen LogP contribution is 1.87. The fraction of sp³-hybridized carbons (Fsp3) is 0.500. The van der Waals surface area contributed by atoms with Crippen molar-refractivity contribution in [2.75, 3.05) is 13.2 Å². The topological polar surface area (TPSA) is 51.5 Å². The highest BCUT2D eigenvalue weighted by molar-refractivity contribution is 4.64. The van der Waals surface area contributed by atoms with Crippen molar-refractivity contribution in [1.29, 1.82) is 0 Å². The van der Waals surface area contributed by atoms with Crippen LogP contribution in [0, 0.1) is 0 Å². The van der Waals surface area contributed by atoms with Gasteiger partial charge in [-0.1, -0.05) is 0 Å². The molecule has 0 saturated carbocycles. The van der Waals surface area contributed by atoms with Crippen LogP contribution in [0.2, 0.25) is 0 Å². The van der Waals surface area contributed by atoms with Crippen LogP contribution >= 0.6 is 0 Å². The number of hydrogen-bond donors (Lipinski definition) is 0. The summed E-state index contributed by atoms with van der Waals surface area (Å²) in [5.74, 6) is 0. The first-order chi connectivity index (χ1) is 3.00. The first-order valence-electron chi connectivity index (χ1n) is 1.88. The highest BCUT2D eigenvalue weighted by atomic mass is 16.5. The Labute approximate surface area is 44.8 Å². The lowest BCUT2D eigenvalue weighted by atomic mass is 10.7. The molecule has 3 N–H and O–H groups in total. The highest BCUT2D eigenvalue weighted by Gasteiger charge is 1.85. The van der Waals surface area contributed by atoms with Crippen LogP contribution in [0.5, 0.6) is 0 Å². The first kappa shape index (κ1) is 6.30. The van der Waals surface area contributed by atoms with E-state index in [0.717, 1.165) is 0 Å². The van der Waals surface area contributed by atoms with E-state index < -0.39 is 0 Å². The molecule has 0 unspecified atom stereocenters. The number of ether oxygens (including phenoxy) is 2. The van der Waals surface area contributed by atoms with Gasteiger partial charge in [-0.25, -0.2) is 0 Å². The molecule has 1 heterocycles. The van der Waals surface area contributed by atoms with Crippen molar-refractivity contribution >= 4 is 0 Å². The third-order valence-electron chi connectivity index (χ3n) is 0.567. The van der Waals surface area contributed by atoms with E-state index in [-0.39, 0.29) is 8.33 Å². The van der Waals surface area contributed by atoms with Gasteiger partial charge in [0, 0.05) is 0 Å². The van der Waals surface area contributed by atoms with E-state index in [1.807, 2.05) is 0 Å². The smallest absolute Gasteiger partial charge is 0.494 e. The van der Waals surface area contributed by atoms with E-state index in [9.17, 15) is 0 Å². The van der Waals surface area contributed by atoms with E-state index in [0.29, 0.717) is 13.2 Å². The molecule has 3 nitrogen and oxygen atoms in total. The molecule has 0 aromatic rings. The molecule has 1 aliphatic heterocycles. The summed E-state index contributed by atoms with van der Waals surface area (Å²) in [7, 11) is 0. The summed E-state index contributed by atoms with van der Waals surface area (Å²) in [5.41, 5.74) is 0. The molecule has 7 heavy (non-hydrogen) atoms. The van der Waals surface area contributed by atoms with Crippen molar-refractivity contribution < 1.29 is 17.8 Å². The summed E-state index contributed by atoms with van der Waals surface area (Å²) >= 11 is 0. The maximum Gasteiger partial charge on any atom is 1.00 e. The maximum atomic E-state index is 4.76. The quantitative estimate of drug-likeness (QED) is 0.403. The molecule has 42 valence electrons. The Balaban J connectivity index is -0.000000120. The lowest BCUT2D eigenvalue weighted by molar-refractivity contribution is 0.108. The molecular weight excluding hydrogens is 96.0 g/mol. The lowest BCUT2D eigenvalue weighted by Crippen LogP contribution is -2.00. The Hall–Kier alpha value is -0.700. The Morgan fingerprint density at radius 1 is 1.14 bits per heavy atom. The standard InChI is InChI=1S/C4H6O2.H2O/c1-2-6-4-3-5-1;/h1-2H,3-4H2;1H2/p+3. The van der Waals surface area contributed by atoms with Gasteiger partial charge in [0.1, 0.15) is 25.7 Å². The zero-order valence-corrected chi connectivity index (χ0v) is 3.96. The van der Waals surface area contributed by atoms with Crippen molar-refractivity contribution in [3.63, 3.8) is 0 Å². The van der Waals surface area contributed by atoms with Crippen molar-refractivity contribution in [3.05, 3.63) is 12.5 Å². The molecule has 0 amide bonds. The summed E-state index contributed by atoms with van der Waals surface area (Å²) in [6.07, 6.45) is 3.09. The van der Waals surface area contributed by atoms with E-state index in [4.69, 9.17) is 9.47 Å². The zero-order chi connectivity index (χ0) is 4.24. The van der Waals surface area contributed by atoms with E-state index in [1.165, 1.54) is 0 Å². The molecule has 0 atom stereocenters. The van der Waals surface area contributed by atoms with Gasteiger partial charge in [0.05, 0.1) is 0 Å². The Morgan fingerprint density at radius 3 is 1.71 bits per heavy atom. The SMILES string of the molecule is C1=COCCO1.[H+].[H+].[OH3+]. The zero-order valence-electron chi connectivity index (χ0n) is 5.96. The van der Waals surface area contributed by atoms with Crippen molar-refractivity contribution in [1.82, 2.24) is 0 Å². The van der Waals surface area contributed by atoms with Crippen LogP contribution in [0.25, 0.3) is 0 Å². The minimum absolute atomic E-state index is 0. The second-order valence-electron chi connectivity index (χ2n) is 1.01. The second kappa shape index (κ2) is 3.49. The Bertz CT molecular complexity index is 58.8. The van der Waals surface area contributed by atoms with Crippen LogP contribution < -0.4 is 0 Å². The van der Waals surface area contributed by atoms with Crippen molar-refractivity contribution in [3.8, 4) is 0 Å². The summed E-state index contributed by atoms with van der Waals surface area (Å²) in [5, 5.41) is 0.